The van der Waals surface area contributed by atoms with E-state index in [9.17, 15) is 34.8 Å². The minimum Gasteiger partial charge on any atom is -0.241 e. The molecular weight excluding hydrogens is 396 g/mol. The van der Waals surface area contributed by atoms with Gasteiger partial charge in [0, 0.05) is 11.6 Å². The zero-order valence-corrected chi connectivity index (χ0v) is 14.4. The Kier molecular flexibility index (Phi) is 4.29. The summed E-state index contributed by atoms with van der Waals surface area (Å²) in [6.45, 7) is 1.70. The van der Waals surface area contributed by atoms with Crippen LogP contribution in [0.5, 0.6) is 0 Å². The summed E-state index contributed by atoms with van der Waals surface area (Å²) in [5, 5.41) is -0.633. The van der Waals surface area contributed by atoms with Crippen molar-refractivity contribution in [2.75, 3.05) is 0 Å². The summed E-state index contributed by atoms with van der Waals surface area (Å²) in [6, 6.07) is 6.62. The minimum atomic E-state index is -5.08. The zero-order chi connectivity index (χ0) is 20.2. The van der Waals surface area contributed by atoms with E-state index in [0.29, 0.717) is 10.0 Å². The van der Waals surface area contributed by atoms with Gasteiger partial charge in [0.2, 0.25) is 0 Å². The standard InChI is InChI=1S/C17H11F6NO2S/c1-10-2-4-12(5-3-10)27(25,26)24-7-6-13-14(17(21,22)23)8-11(9-15(13)24)16(18,19)20/h2-9H,1H3. The summed E-state index contributed by atoms with van der Waals surface area (Å²) in [5.74, 6) is 0. The maximum Gasteiger partial charge on any atom is 0.417 e. The van der Waals surface area contributed by atoms with E-state index >= 15 is 0 Å². The zero-order valence-electron chi connectivity index (χ0n) is 13.6. The third kappa shape index (κ3) is 3.41. The predicted molar refractivity (Wildman–Crippen MR) is 85.7 cm³/mol. The van der Waals surface area contributed by atoms with E-state index in [-0.39, 0.29) is 11.0 Å². The van der Waals surface area contributed by atoms with Crippen molar-refractivity contribution in [2.24, 2.45) is 0 Å². The van der Waals surface area contributed by atoms with E-state index in [1.54, 1.807) is 6.92 Å². The normalized spacial score (nSPS) is 13.3. The number of benzene rings is 2. The van der Waals surface area contributed by atoms with Crippen LogP contribution < -0.4 is 0 Å². The molecule has 0 unspecified atom stereocenters. The second-order valence-corrected chi connectivity index (χ2v) is 7.70. The topological polar surface area (TPSA) is 39.1 Å². The highest BCUT2D eigenvalue weighted by Gasteiger charge is 2.39. The van der Waals surface area contributed by atoms with Crippen LogP contribution in [0.2, 0.25) is 0 Å². The molecule has 0 aliphatic rings. The number of hydrogen-bond acceptors (Lipinski definition) is 2. The lowest BCUT2D eigenvalue weighted by Crippen LogP contribution is -2.14. The Hall–Kier alpha value is -2.49. The third-order valence-electron chi connectivity index (χ3n) is 3.98. The van der Waals surface area contributed by atoms with Gasteiger partial charge in [-0.15, -0.1) is 0 Å². The SMILES string of the molecule is Cc1ccc(S(=O)(=O)n2ccc3c(C(F)(F)F)cc(C(F)(F)F)cc32)cc1. The van der Waals surface area contributed by atoms with Crippen LogP contribution in [0.1, 0.15) is 16.7 Å². The van der Waals surface area contributed by atoms with Crippen LogP contribution in [0.25, 0.3) is 10.9 Å². The van der Waals surface area contributed by atoms with Gasteiger partial charge >= 0.3 is 12.4 Å². The number of aromatic nitrogens is 1. The van der Waals surface area contributed by atoms with Crippen molar-refractivity contribution in [1.29, 1.82) is 0 Å². The number of aryl methyl sites for hydroxylation is 1. The fourth-order valence-electron chi connectivity index (χ4n) is 2.65. The van der Waals surface area contributed by atoms with Gasteiger partial charge in [0.05, 0.1) is 21.5 Å². The van der Waals surface area contributed by atoms with Crippen molar-refractivity contribution < 1.29 is 34.8 Å². The molecule has 0 saturated carbocycles. The summed E-state index contributed by atoms with van der Waals surface area (Å²) in [4.78, 5) is -0.253. The average Bonchev–Trinajstić information content (AvgIpc) is 2.97. The molecule has 0 saturated heterocycles. The monoisotopic (exact) mass is 407 g/mol. The molecule has 1 heterocycles. The first-order valence-corrected chi connectivity index (χ1v) is 8.87. The van der Waals surface area contributed by atoms with Crippen molar-refractivity contribution in [3.63, 3.8) is 0 Å². The van der Waals surface area contributed by atoms with E-state index in [0.717, 1.165) is 17.8 Å². The van der Waals surface area contributed by atoms with Crippen LogP contribution in [-0.2, 0) is 22.4 Å². The summed E-state index contributed by atoms with van der Waals surface area (Å²) >= 11 is 0. The molecular formula is C17H11F6NO2S. The van der Waals surface area contributed by atoms with Crippen molar-refractivity contribution >= 4 is 20.9 Å². The first kappa shape index (κ1) is 19.3. The molecule has 0 amide bonds. The average molecular weight is 407 g/mol. The molecule has 3 rings (SSSR count). The van der Waals surface area contributed by atoms with E-state index < -0.39 is 44.4 Å². The number of fused-ring (bicyclic) bond motifs is 1. The fourth-order valence-corrected chi connectivity index (χ4v) is 3.99. The molecule has 0 atom stereocenters. The second-order valence-electron chi connectivity index (χ2n) is 5.88. The summed E-state index contributed by atoms with van der Waals surface area (Å²) in [5.41, 5.74) is -3.09. The molecule has 1 aromatic heterocycles. The van der Waals surface area contributed by atoms with Crippen LogP contribution >= 0.6 is 0 Å². The Morgan fingerprint density at radius 1 is 0.852 bits per heavy atom. The molecule has 144 valence electrons. The van der Waals surface area contributed by atoms with Gasteiger partial charge in [-0.3, -0.25) is 0 Å². The predicted octanol–water partition coefficient (Wildman–Crippen LogP) is 5.22. The van der Waals surface area contributed by atoms with Crippen LogP contribution in [-0.4, -0.2) is 12.4 Å². The maximum atomic E-state index is 13.2. The van der Waals surface area contributed by atoms with Gasteiger partial charge in [-0.1, -0.05) is 17.7 Å². The van der Waals surface area contributed by atoms with Gasteiger partial charge in [-0.2, -0.15) is 26.3 Å². The molecule has 0 radical (unpaired) electrons. The Morgan fingerprint density at radius 3 is 1.96 bits per heavy atom. The lowest BCUT2D eigenvalue weighted by molar-refractivity contribution is -0.142. The third-order valence-corrected chi connectivity index (χ3v) is 5.69. The first-order valence-electron chi connectivity index (χ1n) is 7.43. The molecule has 3 nitrogen and oxygen atoms in total. The Bertz CT molecular complexity index is 1110. The van der Waals surface area contributed by atoms with Gasteiger partial charge in [-0.05, 0) is 37.3 Å². The van der Waals surface area contributed by atoms with Gasteiger partial charge in [0.25, 0.3) is 10.0 Å². The summed E-state index contributed by atoms with van der Waals surface area (Å²) < 4.78 is 105. The minimum absolute atomic E-state index is 0.0226. The highest BCUT2D eigenvalue weighted by atomic mass is 32.2. The van der Waals surface area contributed by atoms with Crippen molar-refractivity contribution in [1.82, 2.24) is 3.97 Å². The van der Waals surface area contributed by atoms with Crippen LogP contribution in [0.15, 0.2) is 53.6 Å². The van der Waals surface area contributed by atoms with Crippen LogP contribution in [0.4, 0.5) is 26.3 Å². The molecule has 0 fully saturated rings. The molecule has 27 heavy (non-hydrogen) atoms. The quantitative estimate of drug-likeness (QED) is 0.546. The smallest absolute Gasteiger partial charge is 0.241 e. The number of rotatable bonds is 2. The van der Waals surface area contributed by atoms with E-state index in [2.05, 4.69) is 0 Å². The van der Waals surface area contributed by atoms with Gasteiger partial charge in [0.1, 0.15) is 0 Å². The van der Waals surface area contributed by atoms with E-state index in [1.807, 2.05) is 0 Å². The van der Waals surface area contributed by atoms with Crippen molar-refractivity contribution in [2.45, 2.75) is 24.2 Å². The van der Waals surface area contributed by atoms with Gasteiger partial charge < -0.3 is 0 Å². The number of alkyl halides is 6. The largest absolute Gasteiger partial charge is 0.417 e. The molecule has 10 heteroatoms. The molecule has 0 N–H and O–H groups in total. The highest BCUT2D eigenvalue weighted by molar-refractivity contribution is 7.90. The van der Waals surface area contributed by atoms with Crippen LogP contribution in [0, 0.1) is 6.92 Å². The summed E-state index contributed by atoms with van der Waals surface area (Å²) in [7, 11) is -4.38. The molecule has 0 spiro atoms. The summed E-state index contributed by atoms with van der Waals surface area (Å²) in [6.07, 6.45) is -9.34. The highest BCUT2D eigenvalue weighted by Crippen LogP contribution is 2.40. The number of nitrogens with zero attached hydrogens (tertiary/aromatic N) is 1. The van der Waals surface area contributed by atoms with E-state index in [1.165, 1.54) is 24.3 Å². The molecule has 3 aromatic rings. The Labute approximate surface area is 149 Å². The number of halogens is 6. The maximum absolute atomic E-state index is 13.2. The molecule has 0 bridgehead atoms. The lowest BCUT2D eigenvalue weighted by atomic mass is 10.1. The first-order chi connectivity index (χ1) is 12.3. The van der Waals surface area contributed by atoms with Crippen LogP contribution in [0.3, 0.4) is 0 Å². The fraction of sp³-hybridized carbons (Fsp3) is 0.176. The molecule has 0 aliphatic carbocycles. The Balaban J connectivity index is 2.34. The van der Waals surface area contributed by atoms with Crippen molar-refractivity contribution in [3.05, 3.63) is 65.4 Å². The Morgan fingerprint density at radius 2 is 1.44 bits per heavy atom. The number of hydrogen-bond donors (Lipinski definition) is 0. The van der Waals surface area contributed by atoms with E-state index in [4.69, 9.17) is 0 Å². The van der Waals surface area contributed by atoms with Gasteiger partial charge in [-0.25, -0.2) is 12.4 Å². The lowest BCUT2D eigenvalue weighted by Gasteiger charge is -2.14. The molecule has 2 aromatic carbocycles. The van der Waals surface area contributed by atoms with Gasteiger partial charge in [0.15, 0.2) is 0 Å². The molecule has 0 aliphatic heterocycles. The second kappa shape index (κ2) is 6.01. The van der Waals surface area contributed by atoms with Crippen molar-refractivity contribution in [3.8, 4) is 0 Å².